The summed E-state index contributed by atoms with van der Waals surface area (Å²) < 4.78 is 19.2. The third-order valence-corrected chi connectivity index (χ3v) is 6.52. The number of hydrogen-bond donors (Lipinski definition) is 1. The molecule has 2 heterocycles. The van der Waals surface area contributed by atoms with Crippen molar-refractivity contribution in [3.05, 3.63) is 82.0 Å². The highest BCUT2D eigenvalue weighted by Crippen LogP contribution is 2.34. The molecule has 28 heavy (non-hydrogen) atoms. The van der Waals surface area contributed by atoms with Gasteiger partial charge in [-0.05, 0) is 66.8 Å². The fourth-order valence-corrected chi connectivity index (χ4v) is 4.88. The topological polar surface area (TPSA) is 29.5 Å². The normalized spacial score (nSPS) is 22.4. The summed E-state index contributed by atoms with van der Waals surface area (Å²) >= 11 is 1.74. The van der Waals surface area contributed by atoms with E-state index < -0.39 is 0 Å². The second kappa shape index (κ2) is 8.16. The molecule has 3 aromatic rings. The summed E-state index contributed by atoms with van der Waals surface area (Å²) in [4.78, 5) is 2.42. The average Bonchev–Trinajstić information content (AvgIpc) is 3.12. The summed E-state index contributed by atoms with van der Waals surface area (Å²) in [5.41, 5.74) is 4.72. The van der Waals surface area contributed by atoms with E-state index in [1.807, 2.05) is 19.1 Å². The zero-order chi connectivity index (χ0) is 19.7. The molecule has 0 bridgehead atoms. The Morgan fingerprint density at radius 2 is 1.86 bits per heavy atom. The van der Waals surface area contributed by atoms with Gasteiger partial charge in [0.15, 0.2) is 0 Å². The van der Waals surface area contributed by atoms with Crippen molar-refractivity contribution in [2.75, 3.05) is 0 Å². The predicted molar refractivity (Wildman–Crippen MR) is 112 cm³/mol. The average molecular weight is 397 g/mol. The van der Waals surface area contributed by atoms with Crippen LogP contribution in [0.1, 0.15) is 47.4 Å². The minimum Gasteiger partial charge on any atom is -0.393 e. The Labute approximate surface area is 169 Å². The standard InChI is InChI=1S/C24H25FO2S/c1-15-3-4-18(23-14-21(26)11-16(2)27-23)12-19(15)13-22-9-10-24(28-22)17-5-7-20(25)8-6-17/h3-10,12,16,21,23,26H,11,13-14H2,1-2H3/t16?,21?,23-/m1/s1. The van der Waals surface area contributed by atoms with Crippen molar-refractivity contribution >= 4 is 11.3 Å². The highest BCUT2D eigenvalue weighted by atomic mass is 32.1. The van der Waals surface area contributed by atoms with E-state index >= 15 is 0 Å². The lowest BCUT2D eigenvalue weighted by atomic mass is 9.93. The molecule has 1 aliphatic heterocycles. The van der Waals surface area contributed by atoms with Crippen molar-refractivity contribution in [3.8, 4) is 10.4 Å². The van der Waals surface area contributed by atoms with Crippen LogP contribution in [0.15, 0.2) is 54.6 Å². The second-order valence-corrected chi connectivity index (χ2v) is 8.86. The Bertz CT molecular complexity index is 937. The van der Waals surface area contributed by atoms with Crippen molar-refractivity contribution in [3.63, 3.8) is 0 Å². The Kier molecular flexibility index (Phi) is 5.63. The molecule has 2 nitrogen and oxygen atoms in total. The van der Waals surface area contributed by atoms with Gasteiger partial charge in [-0.2, -0.15) is 0 Å². The summed E-state index contributed by atoms with van der Waals surface area (Å²) in [5, 5.41) is 10.1. The number of ether oxygens (including phenoxy) is 1. The SMILES string of the molecule is Cc1ccc([C@H]2CC(O)CC(C)O2)cc1Cc1ccc(-c2ccc(F)cc2)s1. The first-order valence-electron chi connectivity index (χ1n) is 9.75. The fraction of sp³-hybridized carbons (Fsp3) is 0.333. The molecular weight excluding hydrogens is 371 g/mol. The minimum atomic E-state index is -0.297. The molecule has 3 atom stereocenters. The molecule has 4 rings (SSSR count). The van der Waals surface area contributed by atoms with E-state index in [0.717, 1.165) is 22.4 Å². The molecule has 146 valence electrons. The second-order valence-electron chi connectivity index (χ2n) is 7.70. The molecule has 1 saturated heterocycles. The molecule has 1 aromatic heterocycles. The molecule has 2 unspecified atom stereocenters. The summed E-state index contributed by atoms with van der Waals surface area (Å²) in [5.74, 6) is -0.211. The van der Waals surface area contributed by atoms with Crippen LogP contribution in [-0.4, -0.2) is 17.3 Å². The summed E-state index contributed by atoms with van der Waals surface area (Å²) in [7, 11) is 0. The van der Waals surface area contributed by atoms with E-state index in [2.05, 4.69) is 37.3 Å². The fourth-order valence-electron chi connectivity index (χ4n) is 3.84. The predicted octanol–water partition coefficient (Wildman–Crippen LogP) is 6.05. The maximum absolute atomic E-state index is 13.2. The Hall–Kier alpha value is -2.01. The zero-order valence-electron chi connectivity index (χ0n) is 16.2. The van der Waals surface area contributed by atoms with Crippen molar-refractivity contribution in [2.24, 2.45) is 0 Å². The van der Waals surface area contributed by atoms with Crippen molar-refractivity contribution in [1.82, 2.24) is 0 Å². The van der Waals surface area contributed by atoms with Crippen LogP contribution >= 0.6 is 11.3 Å². The van der Waals surface area contributed by atoms with Crippen molar-refractivity contribution in [2.45, 2.75) is 51.4 Å². The molecule has 0 saturated carbocycles. The van der Waals surface area contributed by atoms with Gasteiger partial charge in [0.05, 0.1) is 18.3 Å². The van der Waals surface area contributed by atoms with Crippen LogP contribution in [0.3, 0.4) is 0 Å². The largest absolute Gasteiger partial charge is 0.393 e. The maximum Gasteiger partial charge on any atom is 0.123 e. The van der Waals surface area contributed by atoms with Gasteiger partial charge in [0.2, 0.25) is 0 Å². The van der Waals surface area contributed by atoms with Crippen molar-refractivity contribution < 1.29 is 14.2 Å². The van der Waals surface area contributed by atoms with Crippen LogP contribution in [0.4, 0.5) is 4.39 Å². The first-order chi connectivity index (χ1) is 13.5. The van der Waals surface area contributed by atoms with Crippen LogP contribution < -0.4 is 0 Å². The smallest absolute Gasteiger partial charge is 0.123 e. The van der Waals surface area contributed by atoms with E-state index in [1.54, 1.807) is 11.3 Å². The lowest BCUT2D eigenvalue weighted by Gasteiger charge is -2.32. The first kappa shape index (κ1) is 19.3. The van der Waals surface area contributed by atoms with Crippen LogP contribution in [-0.2, 0) is 11.2 Å². The summed E-state index contributed by atoms with van der Waals surface area (Å²) in [6, 6.07) is 17.4. The Morgan fingerprint density at radius 1 is 1.07 bits per heavy atom. The number of aliphatic hydroxyl groups excluding tert-OH is 1. The molecule has 1 fully saturated rings. The molecule has 4 heteroatoms. The number of aryl methyl sites for hydroxylation is 1. The van der Waals surface area contributed by atoms with Gasteiger partial charge in [-0.1, -0.05) is 30.3 Å². The van der Waals surface area contributed by atoms with Gasteiger partial charge in [0.1, 0.15) is 5.82 Å². The van der Waals surface area contributed by atoms with Gasteiger partial charge in [0.25, 0.3) is 0 Å². The number of rotatable bonds is 4. The molecule has 2 aromatic carbocycles. The molecule has 1 aliphatic rings. The number of halogens is 1. The molecule has 0 radical (unpaired) electrons. The minimum absolute atomic E-state index is 0.0452. The van der Waals surface area contributed by atoms with E-state index in [0.29, 0.717) is 12.8 Å². The maximum atomic E-state index is 13.2. The van der Waals surface area contributed by atoms with E-state index in [-0.39, 0.29) is 24.1 Å². The Morgan fingerprint density at radius 3 is 2.61 bits per heavy atom. The Balaban J connectivity index is 1.54. The molecule has 1 N–H and O–H groups in total. The van der Waals surface area contributed by atoms with E-state index in [1.165, 1.54) is 28.1 Å². The van der Waals surface area contributed by atoms with Crippen LogP contribution in [0, 0.1) is 12.7 Å². The highest BCUT2D eigenvalue weighted by Gasteiger charge is 2.27. The van der Waals surface area contributed by atoms with Gasteiger partial charge in [0, 0.05) is 22.6 Å². The zero-order valence-corrected chi connectivity index (χ0v) is 17.0. The molecular formula is C24H25FO2S. The molecule has 0 aliphatic carbocycles. The number of thiophene rings is 1. The van der Waals surface area contributed by atoms with Gasteiger partial charge in [-0.3, -0.25) is 0 Å². The lowest BCUT2D eigenvalue weighted by molar-refractivity contribution is -0.0895. The van der Waals surface area contributed by atoms with Gasteiger partial charge >= 0.3 is 0 Å². The number of hydrogen-bond acceptors (Lipinski definition) is 3. The van der Waals surface area contributed by atoms with E-state index in [9.17, 15) is 9.50 Å². The van der Waals surface area contributed by atoms with Crippen LogP contribution in [0.5, 0.6) is 0 Å². The monoisotopic (exact) mass is 396 g/mol. The van der Waals surface area contributed by atoms with Gasteiger partial charge in [-0.25, -0.2) is 4.39 Å². The van der Waals surface area contributed by atoms with Gasteiger partial charge in [-0.15, -0.1) is 11.3 Å². The highest BCUT2D eigenvalue weighted by molar-refractivity contribution is 7.15. The third kappa shape index (κ3) is 4.35. The molecule has 0 spiro atoms. The molecule has 0 amide bonds. The third-order valence-electron chi connectivity index (χ3n) is 5.39. The number of benzene rings is 2. The van der Waals surface area contributed by atoms with Crippen LogP contribution in [0.25, 0.3) is 10.4 Å². The quantitative estimate of drug-likeness (QED) is 0.581. The summed E-state index contributed by atoms with van der Waals surface area (Å²) in [6.45, 7) is 4.15. The number of aliphatic hydroxyl groups is 1. The van der Waals surface area contributed by atoms with Crippen LogP contribution in [0.2, 0.25) is 0 Å². The van der Waals surface area contributed by atoms with Gasteiger partial charge < -0.3 is 9.84 Å². The lowest BCUT2D eigenvalue weighted by Crippen LogP contribution is -2.29. The summed E-state index contributed by atoms with van der Waals surface area (Å²) in [6.07, 6.45) is 1.95. The first-order valence-corrected chi connectivity index (χ1v) is 10.6. The van der Waals surface area contributed by atoms with Crippen molar-refractivity contribution in [1.29, 1.82) is 0 Å². The van der Waals surface area contributed by atoms with E-state index in [4.69, 9.17) is 4.74 Å².